The Morgan fingerprint density at radius 2 is 1.96 bits per heavy atom. The number of methoxy groups -OCH3 is 2. The molecular formula is C16H21N3O4. The van der Waals surface area contributed by atoms with E-state index in [0.717, 1.165) is 5.56 Å². The maximum absolute atomic E-state index is 11.9. The van der Waals surface area contributed by atoms with E-state index in [-0.39, 0.29) is 18.4 Å². The summed E-state index contributed by atoms with van der Waals surface area (Å²) < 4.78 is 15.7. The predicted octanol–water partition coefficient (Wildman–Crippen LogP) is 2.37. The molecule has 0 N–H and O–H groups in total. The van der Waals surface area contributed by atoms with Crippen LogP contribution in [0.15, 0.2) is 22.7 Å². The van der Waals surface area contributed by atoms with Crippen LogP contribution >= 0.6 is 0 Å². The van der Waals surface area contributed by atoms with Crippen LogP contribution in [0.3, 0.4) is 0 Å². The van der Waals surface area contributed by atoms with Crippen LogP contribution in [-0.2, 0) is 11.3 Å². The molecule has 2 rings (SSSR count). The predicted molar refractivity (Wildman–Crippen MR) is 84.2 cm³/mol. The van der Waals surface area contributed by atoms with E-state index in [1.54, 1.807) is 38.3 Å². The zero-order valence-electron chi connectivity index (χ0n) is 14.0. The van der Waals surface area contributed by atoms with Gasteiger partial charge in [-0.05, 0) is 18.2 Å². The topological polar surface area (TPSA) is 77.7 Å². The fraction of sp³-hybridized carbons (Fsp3) is 0.438. The van der Waals surface area contributed by atoms with Crippen LogP contribution < -0.4 is 9.47 Å². The molecule has 0 saturated heterocycles. The van der Waals surface area contributed by atoms with Crippen LogP contribution in [0.4, 0.5) is 0 Å². The maximum atomic E-state index is 11.9. The molecule has 1 aromatic heterocycles. The number of ether oxygens (including phenoxy) is 2. The van der Waals surface area contributed by atoms with Gasteiger partial charge < -0.3 is 18.9 Å². The van der Waals surface area contributed by atoms with Gasteiger partial charge in [-0.1, -0.05) is 19.0 Å². The molecule has 0 radical (unpaired) electrons. The Morgan fingerprint density at radius 1 is 1.26 bits per heavy atom. The van der Waals surface area contributed by atoms with Crippen LogP contribution in [0.1, 0.15) is 19.7 Å². The first-order chi connectivity index (χ1) is 11.0. The third-order valence-corrected chi connectivity index (χ3v) is 3.35. The number of benzene rings is 1. The summed E-state index contributed by atoms with van der Waals surface area (Å²) in [6.07, 6.45) is 0. The zero-order valence-corrected chi connectivity index (χ0v) is 14.0. The number of hydrogen-bond acceptors (Lipinski definition) is 6. The summed E-state index contributed by atoms with van der Waals surface area (Å²) in [4.78, 5) is 17.8. The van der Waals surface area contributed by atoms with Gasteiger partial charge in [0, 0.05) is 18.5 Å². The monoisotopic (exact) mass is 319 g/mol. The molecule has 0 fully saturated rings. The highest BCUT2D eigenvalue weighted by molar-refractivity contribution is 5.77. The first-order valence-electron chi connectivity index (χ1n) is 7.26. The number of nitrogens with zero attached hydrogens (tertiary/aromatic N) is 3. The van der Waals surface area contributed by atoms with Gasteiger partial charge in [0.25, 0.3) is 0 Å². The van der Waals surface area contributed by atoms with E-state index in [1.807, 2.05) is 19.9 Å². The van der Waals surface area contributed by atoms with E-state index < -0.39 is 0 Å². The van der Waals surface area contributed by atoms with Gasteiger partial charge in [0.2, 0.25) is 17.6 Å². The number of rotatable bonds is 6. The molecule has 23 heavy (non-hydrogen) atoms. The van der Waals surface area contributed by atoms with Gasteiger partial charge in [0.15, 0.2) is 11.5 Å². The lowest BCUT2D eigenvalue weighted by Gasteiger charge is -2.16. The van der Waals surface area contributed by atoms with E-state index in [1.165, 1.54) is 0 Å². The van der Waals surface area contributed by atoms with Crippen molar-refractivity contribution in [2.45, 2.75) is 20.4 Å². The van der Waals surface area contributed by atoms with Crippen molar-refractivity contribution in [1.29, 1.82) is 0 Å². The molecule has 7 heteroatoms. The summed E-state index contributed by atoms with van der Waals surface area (Å²) in [5.41, 5.74) is 0.746. The second kappa shape index (κ2) is 7.13. The van der Waals surface area contributed by atoms with E-state index in [0.29, 0.717) is 23.2 Å². The molecular weight excluding hydrogens is 298 g/mol. The average Bonchev–Trinajstić information content (AvgIpc) is 3.01. The first-order valence-corrected chi connectivity index (χ1v) is 7.26. The highest BCUT2D eigenvalue weighted by Gasteiger charge is 2.17. The summed E-state index contributed by atoms with van der Waals surface area (Å²) in [6, 6.07) is 5.37. The highest BCUT2D eigenvalue weighted by Crippen LogP contribution is 2.31. The van der Waals surface area contributed by atoms with Crippen molar-refractivity contribution in [3.05, 3.63) is 24.1 Å². The van der Waals surface area contributed by atoms with Gasteiger partial charge in [-0.15, -0.1) is 0 Å². The number of aromatic nitrogens is 2. The maximum Gasteiger partial charge on any atom is 0.246 e. The Labute approximate surface area is 135 Å². The van der Waals surface area contributed by atoms with Gasteiger partial charge in [0.05, 0.1) is 20.8 Å². The second-order valence-electron chi connectivity index (χ2n) is 5.43. The average molecular weight is 319 g/mol. The van der Waals surface area contributed by atoms with Crippen molar-refractivity contribution in [3.63, 3.8) is 0 Å². The zero-order chi connectivity index (χ0) is 17.0. The van der Waals surface area contributed by atoms with E-state index in [4.69, 9.17) is 14.0 Å². The third kappa shape index (κ3) is 3.80. The van der Waals surface area contributed by atoms with E-state index in [2.05, 4.69) is 10.1 Å². The van der Waals surface area contributed by atoms with Gasteiger partial charge in [-0.3, -0.25) is 4.79 Å². The molecule has 0 atom stereocenters. The number of hydrogen-bond donors (Lipinski definition) is 0. The minimum Gasteiger partial charge on any atom is -0.493 e. The standard InChI is InChI=1S/C16H21N3O4/c1-10(2)16(20)19(3)9-14-17-15(18-23-14)11-6-7-12(21-4)13(8-11)22-5/h6-8,10H,9H2,1-5H3. The Morgan fingerprint density at radius 3 is 2.57 bits per heavy atom. The van der Waals surface area contributed by atoms with Gasteiger partial charge in [0.1, 0.15) is 0 Å². The molecule has 0 unspecified atom stereocenters. The molecule has 7 nitrogen and oxygen atoms in total. The highest BCUT2D eigenvalue weighted by atomic mass is 16.5. The van der Waals surface area contributed by atoms with Crippen LogP contribution in [0.5, 0.6) is 11.5 Å². The lowest BCUT2D eigenvalue weighted by molar-refractivity contribution is -0.133. The second-order valence-corrected chi connectivity index (χ2v) is 5.43. The number of carbonyl (C=O) groups excluding carboxylic acids is 1. The first kappa shape index (κ1) is 16.8. The van der Waals surface area contributed by atoms with Gasteiger partial charge in [-0.25, -0.2) is 0 Å². The van der Waals surface area contributed by atoms with Crippen molar-refractivity contribution in [2.75, 3.05) is 21.3 Å². The molecule has 0 aliphatic carbocycles. The lowest BCUT2D eigenvalue weighted by atomic mass is 10.2. The minimum absolute atomic E-state index is 0.0240. The fourth-order valence-electron chi connectivity index (χ4n) is 2.13. The molecule has 1 aromatic carbocycles. The Balaban J connectivity index is 2.17. The van der Waals surface area contributed by atoms with Crippen LogP contribution in [0.2, 0.25) is 0 Å². The molecule has 0 spiro atoms. The number of carbonyl (C=O) groups is 1. The summed E-state index contributed by atoms with van der Waals surface area (Å²) >= 11 is 0. The summed E-state index contributed by atoms with van der Waals surface area (Å²) in [5, 5.41) is 3.95. The van der Waals surface area contributed by atoms with Crippen molar-refractivity contribution >= 4 is 5.91 Å². The molecule has 124 valence electrons. The molecule has 1 heterocycles. The molecule has 0 bridgehead atoms. The van der Waals surface area contributed by atoms with Crippen LogP contribution in [0, 0.1) is 5.92 Å². The normalized spacial score (nSPS) is 10.7. The Bertz CT molecular complexity index is 682. The summed E-state index contributed by atoms with van der Waals surface area (Å²) in [5.74, 6) is 1.98. The van der Waals surface area contributed by atoms with E-state index >= 15 is 0 Å². The lowest BCUT2D eigenvalue weighted by Crippen LogP contribution is -2.30. The number of amides is 1. The SMILES string of the molecule is COc1ccc(-c2noc(CN(C)C(=O)C(C)C)n2)cc1OC. The quantitative estimate of drug-likeness (QED) is 0.813. The molecule has 2 aromatic rings. The smallest absolute Gasteiger partial charge is 0.246 e. The minimum atomic E-state index is -0.0757. The summed E-state index contributed by atoms with van der Waals surface area (Å²) in [7, 11) is 4.85. The van der Waals surface area contributed by atoms with Crippen molar-refractivity contribution in [3.8, 4) is 22.9 Å². The van der Waals surface area contributed by atoms with E-state index in [9.17, 15) is 4.79 Å². The molecule has 0 aliphatic heterocycles. The van der Waals surface area contributed by atoms with Crippen molar-refractivity contribution in [2.24, 2.45) is 5.92 Å². The molecule has 0 aliphatic rings. The van der Waals surface area contributed by atoms with Gasteiger partial charge >= 0.3 is 0 Å². The fourth-order valence-corrected chi connectivity index (χ4v) is 2.13. The largest absolute Gasteiger partial charge is 0.493 e. The third-order valence-electron chi connectivity index (χ3n) is 3.35. The van der Waals surface area contributed by atoms with Gasteiger partial charge in [-0.2, -0.15) is 4.98 Å². The van der Waals surface area contributed by atoms with Crippen molar-refractivity contribution < 1.29 is 18.8 Å². The molecule has 1 amide bonds. The summed E-state index contributed by atoms with van der Waals surface area (Å²) in [6.45, 7) is 3.97. The Hall–Kier alpha value is -2.57. The Kier molecular flexibility index (Phi) is 5.20. The van der Waals surface area contributed by atoms with Crippen LogP contribution in [0.25, 0.3) is 11.4 Å². The molecule has 0 saturated carbocycles. The van der Waals surface area contributed by atoms with Crippen molar-refractivity contribution in [1.82, 2.24) is 15.0 Å². The van der Waals surface area contributed by atoms with Crippen LogP contribution in [-0.4, -0.2) is 42.2 Å².